The summed E-state index contributed by atoms with van der Waals surface area (Å²) in [4.78, 5) is 11.7. The molecular weight excluding hydrogens is 266 g/mol. The molecule has 0 spiro atoms. The molecule has 1 N–H and O–H groups in total. The summed E-state index contributed by atoms with van der Waals surface area (Å²) in [5, 5.41) is 10.2. The van der Waals surface area contributed by atoms with E-state index in [2.05, 4.69) is 15.5 Å². The zero-order valence-corrected chi connectivity index (χ0v) is 10.8. The van der Waals surface area contributed by atoms with Crippen LogP contribution in [0.15, 0.2) is 42.5 Å². The number of amides is 1. The number of hydrogen-bond acceptors (Lipinski definition) is 4. The van der Waals surface area contributed by atoms with Gasteiger partial charge in [-0.15, -0.1) is 10.2 Å². The van der Waals surface area contributed by atoms with Crippen LogP contribution in [0.2, 0.25) is 5.15 Å². The van der Waals surface area contributed by atoms with E-state index in [-0.39, 0.29) is 16.8 Å². The molecule has 0 fully saturated rings. The van der Waals surface area contributed by atoms with Crippen molar-refractivity contribution in [3.05, 3.63) is 53.3 Å². The van der Waals surface area contributed by atoms with Crippen LogP contribution in [0.25, 0.3) is 0 Å². The molecule has 0 aliphatic heterocycles. The van der Waals surface area contributed by atoms with Gasteiger partial charge in [0.2, 0.25) is 0 Å². The molecule has 1 heterocycles. The van der Waals surface area contributed by atoms with E-state index in [1.165, 1.54) is 12.1 Å². The molecule has 0 atom stereocenters. The molecule has 0 saturated carbocycles. The molecule has 1 aromatic heterocycles. The molecule has 2 rings (SSSR count). The van der Waals surface area contributed by atoms with E-state index >= 15 is 0 Å². The van der Waals surface area contributed by atoms with Crippen molar-refractivity contribution in [2.24, 2.45) is 0 Å². The Hall–Kier alpha value is -2.14. The summed E-state index contributed by atoms with van der Waals surface area (Å²) < 4.78 is 5.44. The zero-order chi connectivity index (χ0) is 13.5. The van der Waals surface area contributed by atoms with Crippen molar-refractivity contribution in [1.82, 2.24) is 15.5 Å². The second-order valence-corrected chi connectivity index (χ2v) is 4.05. The number of hydrogen-bond donors (Lipinski definition) is 1. The van der Waals surface area contributed by atoms with E-state index in [9.17, 15) is 4.79 Å². The van der Waals surface area contributed by atoms with Gasteiger partial charge >= 0.3 is 0 Å². The number of halogens is 1. The van der Waals surface area contributed by atoms with E-state index in [1.54, 1.807) is 0 Å². The molecule has 6 heteroatoms. The molecule has 0 bridgehead atoms. The first-order valence-corrected chi connectivity index (χ1v) is 6.09. The number of benzene rings is 1. The number of para-hydroxylation sites is 1. The van der Waals surface area contributed by atoms with Crippen molar-refractivity contribution in [1.29, 1.82) is 0 Å². The second kappa shape index (κ2) is 6.70. The van der Waals surface area contributed by atoms with Crippen LogP contribution in [-0.4, -0.2) is 29.3 Å². The van der Waals surface area contributed by atoms with E-state index in [4.69, 9.17) is 16.3 Å². The lowest BCUT2D eigenvalue weighted by molar-refractivity contribution is 0.0941. The van der Waals surface area contributed by atoms with Gasteiger partial charge in [0.1, 0.15) is 12.4 Å². The summed E-state index contributed by atoms with van der Waals surface area (Å²) in [6, 6.07) is 12.4. The standard InChI is InChI=1S/C13H12ClN3O2/c14-12-7-6-11(16-17-12)13(18)15-8-9-19-10-4-2-1-3-5-10/h1-7H,8-9H2,(H,15,18). The molecule has 0 aliphatic carbocycles. The predicted molar refractivity (Wildman–Crippen MR) is 71.3 cm³/mol. The van der Waals surface area contributed by atoms with Gasteiger partial charge < -0.3 is 10.1 Å². The van der Waals surface area contributed by atoms with Crippen molar-refractivity contribution in [2.75, 3.05) is 13.2 Å². The lowest BCUT2D eigenvalue weighted by atomic mass is 10.3. The van der Waals surface area contributed by atoms with Crippen LogP contribution in [0.1, 0.15) is 10.5 Å². The number of aromatic nitrogens is 2. The largest absolute Gasteiger partial charge is 0.492 e. The Morgan fingerprint density at radius 3 is 2.63 bits per heavy atom. The topological polar surface area (TPSA) is 64.1 Å². The Morgan fingerprint density at radius 1 is 1.16 bits per heavy atom. The minimum absolute atomic E-state index is 0.226. The Bertz CT molecular complexity index is 531. The van der Waals surface area contributed by atoms with Gasteiger partial charge in [-0.25, -0.2) is 0 Å². The van der Waals surface area contributed by atoms with Crippen LogP contribution < -0.4 is 10.1 Å². The van der Waals surface area contributed by atoms with Gasteiger partial charge in [-0.3, -0.25) is 4.79 Å². The number of nitrogens with zero attached hydrogens (tertiary/aromatic N) is 2. The van der Waals surface area contributed by atoms with Gasteiger partial charge in [-0.1, -0.05) is 29.8 Å². The Morgan fingerprint density at radius 2 is 1.95 bits per heavy atom. The number of carbonyl (C=O) groups excluding carboxylic acids is 1. The van der Waals surface area contributed by atoms with Crippen LogP contribution in [0.5, 0.6) is 5.75 Å². The highest BCUT2D eigenvalue weighted by molar-refractivity contribution is 6.29. The minimum atomic E-state index is -0.305. The maximum absolute atomic E-state index is 11.7. The average Bonchev–Trinajstić information content (AvgIpc) is 2.45. The van der Waals surface area contributed by atoms with Gasteiger partial charge in [-0.05, 0) is 24.3 Å². The molecule has 5 nitrogen and oxygen atoms in total. The third-order valence-corrected chi connectivity index (χ3v) is 2.47. The van der Waals surface area contributed by atoms with E-state index in [1.807, 2.05) is 30.3 Å². The highest BCUT2D eigenvalue weighted by atomic mass is 35.5. The van der Waals surface area contributed by atoms with Crippen LogP contribution in [-0.2, 0) is 0 Å². The number of rotatable bonds is 5. The summed E-state index contributed by atoms with van der Waals surface area (Å²) in [7, 11) is 0. The van der Waals surface area contributed by atoms with Gasteiger partial charge in [-0.2, -0.15) is 0 Å². The Balaban J connectivity index is 1.74. The van der Waals surface area contributed by atoms with Gasteiger partial charge in [0.25, 0.3) is 5.91 Å². The summed E-state index contributed by atoms with van der Waals surface area (Å²) in [5.41, 5.74) is 0.226. The number of carbonyl (C=O) groups is 1. The van der Waals surface area contributed by atoms with E-state index < -0.39 is 0 Å². The SMILES string of the molecule is O=C(NCCOc1ccccc1)c1ccc(Cl)nn1. The van der Waals surface area contributed by atoms with Gasteiger partial charge in [0.05, 0.1) is 6.54 Å². The van der Waals surface area contributed by atoms with E-state index in [0.29, 0.717) is 13.2 Å². The third kappa shape index (κ3) is 4.22. The lowest BCUT2D eigenvalue weighted by Crippen LogP contribution is -2.28. The fourth-order valence-corrected chi connectivity index (χ4v) is 1.48. The first-order chi connectivity index (χ1) is 9.25. The molecule has 0 aliphatic rings. The fraction of sp³-hybridized carbons (Fsp3) is 0.154. The predicted octanol–water partition coefficient (Wildman–Crippen LogP) is 1.94. The highest BCUT2D eigenvalue weighted by Crippen LogP contribution is 2.07. The lowest BCUT2D eigenvalue weighted by Gasteiger charge is -2.07. The van der Waals surface area contributed by atoms with Crippen LogP contribution in [0.4, 0.5) is 0 Å². The van der Waals surface area contributed by atoms with Crippen molar-refractivity contribution in [3.8, 4) is 5.75 Å². The Kier molecular flexibility index (Phi) is 4.69. The zero-order valence-electron chi connectivity index (χ0n) is 10.0. The Labute approximate surface area is 115 Å². The summed E-state index contributed by atoms with van der Waals surface area (Å²) in [6.45, 7) is 0.773. The van der Waals surface area contributed by atoms with Crippen LogP contribution in [0, 0.1) is 0 Å². The summed E-state index contributed by atoms with van der Waals surface area (Å²) >= 11 is 5.59. The summed E-state index contributed by atoms with van der Waals surface area (Å²) in [6.07, 6.45) is 0. The normalized spacial score (nSPS) is 9.95. The highest BCUT2D eigenvalue weighted by Gasteiger charge is 2.06. The summed E-state index contributed by atoms with van der Waals surface area (Å²) in [5.74, 6) is 0.462. The van der Waals surface area contributed by atoms with E-state index in [0.717, 1.165) is 5.75 Å². The third-order valence-electron chi connectivity index (χ3n) is 2.26. The van der Waals surface area contributed by atoms with Crippen LogP contribution in [0.3, 0.4) is 0 Å². The molecule has 2 aromatic rings. The maximum atomic E-state index is 11.7. The maximum Gasteiger partial charge on any atom is 0.271 e. The second-order valence-electron chi connectivity index (χ2n) is 3.66. The molecule has 0 unspecified atom stereocenters. The molecule has 98 valence electrons. The number of nitrogens with one attached hydrogen (secondary N) is 1. The van der Waals surface area contributed by atoms with Crippen molar-refractivity contribution in [2.45, 2.75) is 0 Å². The van der Waals surface area contributed by atoms with Crippen molar-refractivity contribution in [3.63, 3.8) is 0 Å². The quantitative estimate of drug-likeness (QED) is 0.849. The van der Waals surface area contributed by atoms with Crippen molar-refractivity contribution < 1.29 is 9.53 Å². The number of ether oxygens (including phenoxy) is 1. The molecule has 1 aromatic carbocycles. The van der Waals surface area contributed by atoms with Gasteiger partial charge in [0.15, 0.2) is 10.8 Å². The van der Waals surface area contributed by atoms with Gasteiger partial charge in [0, 0.05) is 0 Å². The monoisotopic (exact) mass is 277 g/mol. The molecular formula is C13H12ClN3O2. The smallest absolute Gasteiger partial charge is 0.271 e. The molecule has 19 heavy (non-hydrogen) atoms. The minimum Gasteiger partial charge on any atom is -0.492 e. The molecule has 1 amide bonds. The van der Waals surface area contributed by atoms with Crippen molar-refractivity contribution >= 4 is 17.5 Å². The molecule has 0 radical (unpaired) electrons. The van der Waals surface area contributed by atoms with Crippen LogP contribution >= 0.6 is 11.6 Å². The fourth-order valence-electron chi connectivity index (χ4n) is 1.38. The average molecular weight is 278 g/mol. The first-order valence-electron chi connectivity index (χ1n) is 5.71. The first kappa shape index (κ1) is 13.3. The molecule has 0 saturated heterocycles.